The van der Waals surface area contributed by atoms with Gasteiger partial charge in [0.15, 0.2) is 0 Å². The molecule has 120 valence electrons. The van der Waals surface area contributed by atoms with Crippen molar-refractivity contribution in [2.75, 3.05) is 40.5 Å². The van der Waals surface area contributed by atoms with Crippen molar-refractivity contribution in [1.29, 1.82) is 0 Å². The van der Waals surface area contributed by atoms with Crippen LogP contribution in [0.2, 0.25) is 0 Å². The lowest BCUT2D eigenvalue weighted by Crippen LogP contribution is -2.33. The van der Waals surface area contributed by atoms with Crippen LogP contribution in [0.25, 0.3) is 0 Å². The van der Waals surface area contributed by atoms with Gasteiger partial charge >= 0.3 is 0 Å². The Bertz CT molecular complexity index is 448. The van der Waals surface area contributed by atoms with E-state index in [9.17, 15) is 0 Å². The van der Waals surface area contributed by atoms with E-state index in [1.807, 2.05) is 14.0 Å². The first-order chi connectivity index (χ1) is 10.2. The number of ether oxygens (including phenoxy) is 3. The van der Waals surface area contributed by atoms with E-state index in [0.717, 1.165) is 56.3 Å². The highest BCUT2D eigenvalue weighted by Gasteiger charge is 2.33. The van der Waals surface area contributed by atoms with Gasteiger partial charge in [0, 0.05) is 39.8 Å². The summed E-state index contributed by atoms with van der Waals surface area (Å²) in [6.45, 7) is 5.34. The van der Waals surface area contributed by atoms with Gasteiger partial charge in [-0.2, -0.15) is 5.10 Å². The normalized spacial score (nSPS) is 22.5. The zero-order valence-corrected chi connectivity index (χ0v) is 13.5. The van der Waals surface area contributed by atoms with E-state index in [0.29, 0.717) is 5.92 Å². The molecule has 0 aliphatic carbocycles. The van der Waals surface area contributed by atoms with E-state index in [1.165, 1.54) is 0 Å². The molecule has 1 aromatic rings. The van der Waals surface area contributed by atoms with Crippen LogP contribution in [0.1, 0.15) is 30.2 Å². The highest BCUT2D eigenvalue weighted by molar-refractivity contribution is 5.34. The average Bonchev–Trinajstić information content (AvgIpc) is 2.77. The van der Waals surface area contributed by atoms with Crippen molar-refractivity contribution in [1.82, 2.24) is 15.1 Å². The van der Waals surface area contributed by atoms with Gasteiger partial charge in [-0.15, -0.1) is 0 Å². The Labute approximate surface area is 126 Å². The van der Waals surface area contributed by atoms with Crippen LogP contribution in [0, 0.1) is 12.8 Å². The molecule has 21 heavy (non-hydrogen) atoms. The van der Waals surface area contributed by atoms with Crippen LogP contribution in [-0.4, -0.2) is 50.3 Å². The Morgan fingerprint density at radius 3 is 2.95 bits per heavy atom. The molecule has 6 nitrogen and oxygen atoms in total. The lowest BCUT2D eigenvalue weighted by atomic mass is 9.89. The zero-order valence-electron chi connectivity index (χ0n) is 13.5. The van der Waals surface area contributed by atoms with E-state index in [4.69, 9.17) is 14.2 Å². The van der Waals surface area contributed by atoms with E-state index in [2.05, 4.69) is 10.4 Å². The number of nitrogens with zero attached hydrogens (tertiary/aromatic N) is 2. The van der Waals surface area contributed by atoms with Crippen LogP contribution in [0.3, 0.4) is 0 Å². The van der Waals surface area contributed by atoms with Gasteiger partial charge in [-0.3, -0.25) is 0 Å². The van der Waals surface area contributed by atoms with Crippen LogP contribution in [0.15, 0.2) is 0 Å². The maximum Gasteiger partial charge on any atom is 0.217 e. The summed E-state index contributed by atoms with van der Waals surface area (Å²) >= 11 is 0. The Balaban J connectivity index is 2.11. The molecule has 6 heteroatoms. The van der Waals surface area contributed by atoms with Crippen LogP contribution in [-0.2, 0) is 16.5 Å². The minimum absolute atomic E-state index is 0.0532. The van der Waals surface area contributed by atoms with Crippen LogP contribution >= 0.6 is 0 Å². The number of rotatable bonds is 7. The Morgan fingerprint density at radius 1 is 1.43 bits per heavy atom. The maximum absolute atomic E-state index is 6.07. The Kier molecular flexibility index (Phi) is 6.02. The summed E-state index contributed by atoms with van der Waals surface area (Å²) in [6.07, 6.45) is 2.31. The van der Waals surface area contributed by atoms with Gasteiger partial charge in [-0.25, -0.2) is 4.68 Å². The summed E-state index contributed by atoms with van der Waals surface area (Å²) in [4.78, 5) is 0. The van der Waals surface area contributed by atoms with E-state index in [-0.39, 0.29) is 6.10 Å². The summed E-state index contributed by atoms with van der Waals surface area (Å²) in [5.41, 5.74) is 2.08. The van der Waals surface area contributed by atoms with Gasteiger partial charge < -0.3 is 19.5 Å². The van der Waals surface area contributed by atoms with Crippen molar-refractivity contribution < 1.29 is 14.2 Å². The molecule has 2 unspecified atom stereocenters. The molecule has 2 atom stereocenters. The van der Waals surface area contributed by atoms with E-state index < -0.39 is 0 Å². The third kappa shape index (κ3) is 3.75. The molecule has 0 radical (unpaired) electrons. The van der Waals surface area contributed by atoms with Crippen molar-refractivity contribution in [3.05, 3.63) is 11.3 Å². The number of hydrogen-bond acceptors (Lipinski definition) is 5. The van der Waals surface area contributed by atoms with Gasteiger partial charge in [0.25, 0.3) is 0 Å². The number of nitrogens with one attached hydrogen (secondary N) is 1. The number of aromatic nitrogens is 2. The molecule has 0 aromatic carbocycles. The Hall–Kier alpha value is -1.11. The van der Waals surface area contributed by atoms with Crippen molar-refractivity contribution in [3.63, 3.8) is 0 Å². The summed E-state index contributed by atoms with van der Waals surface area (Å²) in [5, 5.41) is 7.92. The summed E-state index contributed by atoms with van der Waals surface area (Å²) in [5.74, 6) is 1.24. The number of aryl methyl sites for hydroxylation is 2. The third-order valence-corrected chi connectivity index (χ3v) is 4.03. The maximum atomic E-state index is 6.07. The molecule has 2 heterocycles. The van der Waals surface area contributed by atoms with E-state index >= 15 is 0 Å². The lowest BCUT2D eigenvalue weighted by molar-refractivity contribution is -0.0295. The molecule has 1 saturated heterocycles. The van der Waals surface area contributed by atoms with Gasteiger partial charge in [-0.05, 0) is 19.8 Å². The van der Waals surface area contributed by atoms with Gasteiger partial charge in [0.1, 0.15) is 0 Å². The fourth-order valence-corrected chi connectivity index (χ4v) is 3.06. The minimum atomic E-state index is 0.0532. The molecule has 1 aliphatic rings. The molecular formula is C15H27N3O3. The van der Waals surface area contributed by atoms with Crippen molar-refractivity contribution in [2.45, 2.75) is 25.9 Å². The first-order valence-electron chi connectivity index (χ1n) is 7.57. The largest absolute Gasteiger partial charge is 0.481 e. The Morgan fingerprint density at radius 2 is 2.24 bits per heavy atom. The molecule has 0 spiro atoms. The van der Waals surface area contributed by atoms with E-state index in [1.54, 1.807) is 18.9 Å². The molecule has 1 aromatic heterocycles. The predicted molar refractivity (Wildman–Crippen MR) is 80.7 cm³/mol. The quantitative estimate of drug-likeness (QED) is 0.772. The second kappa shape index (κ2) is 7.77. The predicted octanol–water partition coefficient (Wildman–Crippen LogP) is 1.44. The third-order valence-electron chi connectivity index (χ3n) is 4.03. The smallest absolute Gasteiger partial charge is 0.217 e. The molecule has 1 N–H and O–H groups in total. The topological polar surface area (TPSA) is 57.5 Å². The summed E-state index contributed by atoms with van der Waals surface area (Å²) in [7, 11) is 5.32. The van der Waals surface area contributed by atoms with Gasteiger partial charge in [0.2, 0.25) is 5.88 Å². The molecule has 0 bridgehead atoms. The number of hydrogen-bond donors (Lipinski definition) is 1. The molecular weight excluding hydrogens is 270 g/mol. The molecule has 1 fully saturated rings. The zero-order chi connectivity index (χ0) is 15.2. The average molecular weight is 297 g/mol. The highest BCUT2D eigenvalue weighted by atomic mass is 16.5. The SMILES string of the molecule is COCCNCC1CCCOC1c1c(C)nn(C)c1OC. The minimum Gasteiger partial charge on any atom is -0.481 e. The first-order valence-corrected chi connectivity index (χ1v) is 7.57. The van der Waals surface area contributed by atoms with Gasteiger partial charge in [-0.1, -0.05) is 0 Å². The lowest BCUT2D eigenvalue weighted by Gasteiger charge is -2.32. The van der Waals surface area contributed by atoms with Gasteiger partial charge in [0.05, 0.1) is 31.1 Å². The van der Waals surface area contributed by atoms with Crippen molar-refractivity contribution >= 4 is 0 Å². The molecule has 0 amide bonds. The summed E-state index contributed by atoms with van der Waals surface area (Å²) in [6, 6.07) is 0. The van der Waals surface area contributed by atoms with Crippen LogP contribution in [0.4, 0.5) is 0 Å². The van der Waals surface area contributed by atoms with Crippen molar-refractivity contribution in [2.24, 2.45) is 13.0 Å². The second-order valence-corrected chi connectivity index (χ2v) is 5.52. The first kappa shape index (κ1) is 16.3. The second-order valence-electron chi connectivity index (χ2n) is 5.52. The monoisotopic (exact) mass is 297 g/mol. The highest BCUT2D eigenvalue weighted by Crippen LogP contribution is 2.39. The standard InChI is InChI=1S/C15H27N3O3/c1-11-13(15(20-4)18(2)17-11)14-12(6-5-8-21-14)10-16-7-9-19-3/h12,14,16H,5-10H2,1-4H3. The number of methoxy groups -OCH3 is 2. The fraction of sp³-hybridized carbons (Fsp3) is 0.800. The van der Waals surface area contributed by atoms with Crippen LogP contribution in [0.5, 0.6) is 5.88 Å². The molecule has 0 saturated carbocycles. The summed E-state index contributed by atoms with van der Waals surface area (Å²) < 4.78 is 18.5. The fourth-order valence-electron chi connectivity index (χ4n) is 3.06. The van der Waals surface area contributed by atoms with Crippen molar-refractivity contribution in [3.8, 4) is 5.88 Å². The van der Waals surface area contributed by atoms with Crippen LogP contribution < -0.4 is 10.1 Å². The molecule has 2 rings (SSSR count). The molecule has 1 aliphatic heterocycles.